The molecule has 5 nitrogen and oxygen atoms in total. The van der Waals surface area contributed by atoms with E-state index in [1.807, 2.05) is 78.9 Å². The molecule has 6 heteroatoms. The van der Waals surface area contributed by atoms with Gasteiger partial charge in [0, 0.05) is 20.9 Å². The van der Waals surface area contributed by atoms with Gasteiger partial charge in [0.15, 0.2) is 5.82 Å². The number of halogens is 1. The highest BCUT2D eigenvalue weighted by Gasteiger charge is 2.20. The Morgan fingerprint density at radius 2 is 1.66 bits per heavy atom. The van der Waals surface area contributed by atoms with E-state index in [1.165, 1.54) is 0 Å². The molecule has 3 aromatic carbocycles. The molecule has 0 spiro atoms. The minimum atomic E-state index is -0.924. The normalized spacial score (nSPS) is 11.9. The Morgan fingerprint density at radius 3 is 2.34 bits per heavy atom. The fraction of sp³-hybridized carbons (Fsp3) is 0.0870. The summed E-state index contributed by atoms with van der Waals surface area (Å²) in [6, 6.07) is 24.3. The first-order valence-corrected chi connectivity index (χ1v) is 10.2. The number of rotatable bonds is 6. The summed E-state index contributed by atoms with van der Waals surface area (Å²) < 4.78 is 1.03. The number of carbonyl (C=O) groups is 1. The number of fused-ring (bicyclic) bond motifs is 1. The Morgan fingerprint density at radius 1 is 0.966 bits per heavy atom. The topological polar surface area (TPSA) is 75.1 Å². The molecule has 1 heterocycles. The monoisotopic (exact) mass is 495 g/mol. The lowest BCUT2D eigenvalue weighted by Crippen LogP contribution is -2.32. The number of carboxylic acids is 1. The molecule has 0 radical (unpaired) electrons. The van der Waals surface area contributed by atoms with E-state index in [0.717, 1.165) is 25.6 Å². The van der Waals surface area contributed by atoms with E-state index in [-0.39, 0.29) is 0 Å². The van der Waals surface area contributed by atoms with Crippen LogP contribution >= 0.6 is 22.6 Å². The number of nitrogens with one attached hydrogen (secondary N) is 1. The molecule has 1 aromatic heterocycles. The molecule has 0 unspecified atom stereocenters. The summed E-state index contributed by atoms with van der Waals surface area (Å²) in [5.74, 6) is 0.161. The van der Waals surface area contributed by atoms with Crippen LogP contribution in [-0.4, -0.2) is 27.1 Å². The van der Waals surface area contributed by atoms with Crippen LogP contribution in [0.1, 0.15) is 5.56 Å². The van der Waals surface area contributed by atoms with Crippen LogP contribution in [0.5, 0.6) is 0 Å². The lowest BCUT2D eigenvalue weighted by Gasteiger charge is -2.17. The molecule has 0 aliphatic carbocycles. The number of aliphatic carboxylic acids is 1. The summed E-state index contributed by atoms with van der Waals surface area (Å²) in [5, 5.41) is 13.8. The Kier molecular flexibility index (Phi) is 5.71. The summed E-state index contributed by atoms with van der Waals surface area (Å²) in [6.45, 7) is 0. The van der Waals surface area contributed by atoms with E-state index in [4.69, 9.17) is 0 Å². The quantitative estimate of drug-likeness (QED) is 0.368. The SMILES string of the molecule is O=C(O)[C@H](Cc1ccccc1)Nc1nc(-c2ccccc2)nc2ccc(I)cc12. The highest BCUT2D eigenvalue weighted by atomic mass is 127. The van der Waals surface area contributed by atoms with Gasteiger partial charge < -0.3 is 10.4 Å². The molecule has 4 aromatic rings. The summed E-state index contributed by atoms with van der Waals surface area (Å²) in [4.78, 5) is 21.3. The summed E-state index contributed by atoms with van der Waals surface area (Å²) >= 11 is 2.23. The van der Waals surface area contributed by atoms with Gasteiger partial charge >= 0.3 is 5.97 Å². The van der Waals surface area contributed by atoms with E-state index in [2.05, 4.69) is 37.9 Å². The standard InChI is InChI=1S/C23H18IN3O2/c24-17-11-12-19-18(14-17)22(27-21(25-19)16-9-5-2-6-10-16)26-20(23(28)29)13-15-7-3-1-4-8-15/h1-12,14,20H,13H2,(H,28,29)(H,25,26,27)/t20-/m0/s1. The minimum absolute atomic E-state index is 0.353. The van der Waals surface area contributed by atoms with Gasteiger partial charge in [-0.3, -0.25) is 0 Å². The maximum atomic E-state index is 12.0. The van der Waals surface area contributed by atoms with E-state index < -0.39 is 12.0 Å². The maximum absolute atomic E-state index is 12.0. The molecule has 1 atom stereocenters. The molecule has 0 fully saturated rings. The van der Waals surface area contributed by atoms with Crippen LogP contribution in [0.3, 0.4) is 0 Å². The van der Waals surface area contributed by atoms with Crippen LogP contribution in [0.25, 0.3) is 22.3 Å². The largest absolute Gasteiger partial charge is 0.480 e. The molecule has 0 aliphatic heterocycles. The van der Waals surface area contributed by atoms with Gasteiger partial charge in [0.25, 0.3) is 0 Å². The van der Waals surface area contributed by atoms with E-state index in [0.29, 0.717) is 18.1 Å². The van der Waals surface area contributed by atoms with Gasteiger partial charge in [-0.25, -0.2) is 14.8 Å². The van der Waals surface area contributed by atoms with Crippen molar-refractivity contribution < 1.29 is 9.90 Å². The average Bonchev–Trinajstić information content (AvgIpc) is 2.74. The zero-order chi connectivity index (χ0) is 20.2. The van der Waals surface area contributed by atoms with Crippen molar-refractivity contribution in [2.75, 3.05) is 5.32 Å². The van der Waals surface area contributed by atoms with Gasteiger partial charge in [0.1, 0.15) is 11.9 Å². The fourth-order valence-electron chi connectivity index (χ4n) is 3.14. The van der Waals surface area contributed by atoms with Crippen LogP contribution < -0.4 is 5.32 Å². The van der Waals surface area contributed by atoms with Crippen LogP contribution in [0.4, 0.5) is 5.82 Å². The van der Waals surface area contributed by atoms with Crippen LogP contribution in [0.15, 0.2) is 78.9 Å². The number of aromatic nitrogens is 2. The second-order valence-electron chi connectivity index (χ2n) is 6.65. The van der Waals surface area contributed by atoms with Crippen molar-refractivity contribution >= 4 is 45.3 Å². The molecule has 2 N–H and O–H groups in total. The van der Waals surface area contributed by atoms with Crippen LogP contribution in [0.2, 0.25) is 0 Å². The fourth-order valence-corrected chi connectivity index (χ4v) is 3.63. The third kappa shape index (κ3) is 4.54. The molecule has 29 heavy (non-hydrogen) atoms. The van der Waals surface area contributed by atoms with E-state index in [9.17, 15) is 9.90 Å². The molecular formula is C23H18IN3O2. The number of carboxylic acid groups (broad SMARTS) is 1. The Balaban J connectivity index is 1.77. The molecule has 0 saturated heterocycles. The van der Waals surface area contributed by atoms with E-state index in [1.54, 1.807) is 0 Å². The van der Waals surface area contributed by atoms with Gasteiger partial charge in [-0.2, -0.15) is 0 Å². The maximum Gasteiger partial charge on any atom is 0.326 e. The van der Waals surface area contributed by atoms with Gasteiger partial charge in [0.2, 0.25) is 0 Å². The highest BCUT2D eigenvalue weighted by Crippen LogP contribution is 2.27. The van der Waals surface area contributed by atoms with Gasteiger partial charge in [-0.05, 0) is 46.4 Å². The predicted octanol–water partition coefficient (Wildman–Crippen LogP) is 5.01. The average molecular weight is 495 g/mol. The molecule has 0 bridgehead atoms. The van der Waals surface area contributed by atoms with Crippen molar-refractivity contribution in [2.45, 2.75) is 12.5 Å². The first-order valence-electron chi connectivity index (χ1n) is 9.16. The number of hydrogen-bond donors (Lipinski definition) is 2. The summed E-state index contributed by atoms with van der Waals surface area (Å²) in [7, 11) is 0. The molecule has 0 amide bonds. The third-order valence-electron chi connectivity index (χ3n) is 4.58. The molecule has 0 saturated carbocycles. The zero-order valence-corrected chi connectivity index (χ0v) is 17.6. The van der Waals surface area contributed by atoms with E-state index >= 15 is 0 Å². The third-order valence-corrected chi connectivity index (χ3v) is 5.25. The minimum Gasteiger partial charge on any atom is -0.480 e. The first kappa shape index (κ1) is 19.3. The zero-order valence-electron chi connectivity index (χ0n) is 15.4. The van der Waals surface area contributed by atoms with Crippen molar-refractivity contribution in [3.05, 3.63) is 88.0 Å². The molecule has 0 aliphatic rings. The van der Waals surface area contributed by atoms with Gasteiger partial charge in [-0.15, -0.1) is 0 Å². The number of anilines is 1. The Hall–Kier alpha value is -3.00. The van der Waals surface area contributed by atoms with Crippen molar-refractivity contribution in [1.82, 2.24) is 9.97 Å². The lowest BCUT2D eigenvalue weighted by molar-refractivity contribution is -0.137. The molecular weight excluding hydrogens is 477 g/mol. The highest BCUT2D eigenvalue weighted by molar-refractivity contribution is 14.1. The molecule has 4 rings (SSSR count). The van der Waals surface area contributed by atoms with Crippen molar-refractivity contribution in [3.8, 4) is 11.4 Å². The van der Waals surface area contributed by atoms with Crippen molar-refractivity contribution in [2.24, 2.45) is 0 Å². The summed E-state index contributed by atoms with van der Waals surface area (Å²) in [5.41, 5.74) is 2.60. The first-order chi connectivity index (χ1) is 14.1. The Labute approximate surface area is 182 Å². The van der Waals surface area contributed by atoms with Gasteiger partial charge in [-0.1, -0.05) is 60.7 Å². The van der Waals surface area contributed by atoms with Gasteiger partial charge in [0.05, 0.1) is 5.52 Å². The second-order valence-corrected chi connectivity index (χ2v) is 7.89. The smallest absolute Gasteiger partial charge is 0.326 e. The number of nitrogens with zero attached hydrogens (tertiary/aromatic N) is 2. The number of hydrogen-bond acceptors (Lipinski definition) is 4. The lowest BCUT2D eigenvalue weighted by atomic mass is 10.1. The number of benzene rings is 3. The predicted molar refractivity (Wildman–Crippen MR) is 123 cm³/mol. The van der Waals surface area contributed by atoms with Crippen LogP contribution in [-0.2, 0) is 11.2 Å². The summed E-state index contributed by atoms with van der Waals surface area (Å²) in [6.07, 6.45) is 0.353. The molecule has 144 valence electrons. The van der Waals surface area contributed by atoms with Crippen molar-refractivity contribution in [1.29, 1.82) is 0 Å². The Bertz CT molecular complexity index is 1150. The van der Waals surface area contributed by atoms with Crippen LogP contribution in [0, 0.1) is 3.57 Å². The van der Waals surface area contributed by atoms with Crippen molar-refractivity contribution in [3.63, 3.8) is 0 Å². The second kappa shape index (κ2) is 8.57.